The quantitative estimate of drug-likeness (QED) is 0.686. The highest BCUT2D eigenvalue weighted by atomic mass is 16.5. The maximum atomic E-state index is 13.0. The number of carbonyl (C=O) groups excluding carboxylic acids is 2. The van der Waals surface area contributed by atoms with Crippen LogP contribution in [0, 0.1) is 6.92 Å². The van der Waals surface area contributed by atoms with Crippen molar-refractivity contribution in [3.8, 4) is 5.75 Å². The summed E-state index contributed by atoms with van der Waals surface area (Å²) in [6, 6.07) is 3.66. The minimum absolute atomic E-state index is 0.162. The Morgan fingerprint density at radius 2 is 2.00 bits per heavy atom. The molecule has 0 radical (unpaired) electrons. The molecule has 0 N–H and O–H groups in total. The van der Waals surface area contributed by atoms with E-state index in [0.29, 0.717) is 49.1 Å². The molecule has 2 aromatic rings. The molecular formula is C18H25N3O4. The van der Waals surface area contributed by atoms with Gasteiger partial charge in [-0.05, 0) is 39.8 Å². The largest absolute Gasteiger partial charge is 0.490 e. The highest BCUT2D eigenvalue weighted by molar-refractivity contribution is 5.95. The Morgan fingerprint density at radius 1 is 1.24 bits per heavy atom. The van der Waals surface area contributed by atoms with Crippen molar-refractivity contribution in [1.82, 2.24) is 14.3 Å². The second kappa shape index (κ2) is 8.50. The van der Waals surface area contributed by atoms with Gasteiger partial charge in [0.25, 0.3) is 5.91 Å². The van der Waals surface area contributed by atoms with Crippen LogP contribution in [0.3, 0.4) is 0 Å². The molecule has 2 rings (SSSR count). The molecule has 0 aromatic carbocycles. The summed E-state index contributed by atoms with van der Waals surface area (Å²) in [5, 5.41) is 0. The molecule has 0 aliphatic rings. The molecule has 7 nitrogen and oxygen atoms in total. The van der Waals surface area contributed by atoms with E-state index >= 15 is 0 Å². The standard InChI is InChI=1S/C18H25N3O4/c1-5-20(12-10-15(22)25-7-3)18(23)16-13(4)19-17-14(24-6-2)9-8-11-21(16)17/h8-9,11H,5-7,10,12H2,1-4H3. The van der Waals surface area contributed by atoms with E-state index < -0.39 is 0 Å². The average molecular weight is 347 g/mol. The van der Waals surface area contributed by atoms with Crippen molar-refractivity contribution >= 4 is 17.5 Å². The number of hydrogen-bond donors (Lipinski definition) is 0. The summed E-state index contributed by atoms with van der Waals surface area (Å²) >= 11 is 0. The van der Waals surface area contributed by atoms with Crippen molar-refractivity contribution in [2.24, 2.45) is 0 Å². The Labute approximate surface area is 147 Å². The Balaban J connectivity index is 2.29. The van der Waals surface area contributed by atoms with Crippen LogP contribution in [0.15, 0.2) is 18.3 Å². The SMILES string of the molecule is CCOC(=O)CCN(CC)C(=O)c1c(C)nc2c(OCC)cccn12. The predicted octanol–water partition coefficient (Wildman–Crippen LogP) is 2.46. The summed E-state index contributed by atoms with van der Waals surface area (Å²) < 4.78 is 12.3. The molecule has 1 amide bonds. The second-order valence-corrected chi connectivity index (χ2v) is 5.48. The van der Waals surface area contributed by atoms with E-state index in [2.05, 4.69) is 4.98 Å². The van der Waals surface area contributed by atoms with E-state index in [4.69, 9.17) is 9.47 Å². The number of imidazole rings is 1. The Morgan fingerprint density at radius 3 is 2.64 bits per heavy atom. The number of aryl methyl sites for hydroxylation is 1. The monoisotopic (exact) mass is 347 g/mol. The van der Waals surface area contributed by atoms with Gasteiger partial charge in [0.1, 0.15) is 5.69 Å². The molecule has 0 saturated heterocycles. The van der Waals surface area contributed by atoms with Crippen molar-refractivity contribution in [2.75, 3.05) is 26.3 Å². The van der Waals surface area contributed by atoms with E-state index in [-0.39, 0.29) is 18.3 Å². The Hall–Kier alpha value is -2.57. The molecule has 7 heteroatoms. The van der Waals surface area contributed by atoms with Crippen LogP contribution < -0.4 is 4.74 Å². The fourth-order valence-electron chi connectivity index (χ4n) is 2.69. The lowest BCUT2D eigenvalue weighted by Crippen LogP contribution is -2.34. The molecule has 0 fully saturated rings. The lowest BCUT2D eigenvalue weighted by molar-refractivity contribution is -0.143. The van der Waals surface area contributed by atoms with Crippen LogP contribution in [-0.4, -0.2) is 52.5 Å². The summed E-state index contributed by atoms with van der Waals surface area (Å²) in [4.78, 5) is 30.7. The molecule has 0 saturated carbocycles. The summed E-state index contributed by atoms with van der Waals surface area (Å²) in [6.45, 7) is 9.02. The van der Waals surface area contributed by atoms with Gasteiger partial charge in [0, 0.05) is 19.3 Å². The number of rotatable bonds is 8. The summed E-state index contributed by atoms with van der Waals surface area (Å²) in [6.07, 6.45) is 1.97. The number of ether oxygens (including phenoxy) is 2. The normalized spacial score (nSPS) is 10.7. The zero-order valence-electron chi connectivity index (χ0n) is 15.2. The zero-order valence-corrected chi connectivity index (χ0v) is 15.2. The number of amides is 1. The van der Waals surface area contributed by atoms with Gasteiger partial charge in [-0.3, -0.25) is 14.0 Å². The Bertz CT molecular complexity index is 754. The number of nitrogens with zero attached hydrogens (tertiary/aromatic N) is 3. The maximum absolute atomic E-state index is 13.0. The number of fused-ring (bicyclic) bond motifs is 1. The third-order valence-electron chi connectivity index (χ3n) is 3.85. The van der Waals surface area contributed by atoms with Gasteiger partial charge in [-0.25, -0.2) is 4.98 Å². The number of aromatic nitrogens is 2. The molecule has 0 aliphatic heterocycles. The number of pyridine rings is 1. The first-order valence-electron chi connectivity index (χ1n) is 8.58. The van der Waals surface area contributed by atoms with Crippen molar-refractivity contribution in [3.63, 3.8) is 0 Å². The average Bonchev–Trinajstić information content (AvgIpc) is 2.92. The highest BCUT2D eigenvalue weighted by Gasteiger charge is 2.23. The molecule has 0 spiro atoms. The van der Waals surface area contributed by atoms with Gasteiger partial charge in [-0.1, -0.05) is 0 Å². The van der Waals surface area contributed by atoms with E-state index in [0.717, 1.165) is 0 Å². The first-order chi connectivity index (χ1) is 12.0. The lowest BCUT2D eigenvalue weighted by atomic mass is 10.2. The van der Waals surface area contributed by atoms with Crippen LogP contribution in [0.1, 0.15) is 43.4 Å². The fourth-order valence-corrected chi connectivity index (χ4v) is 2.69. The zero-order chi connectivity index (χ0) is 18.4. The Kier molecular flexibility index (Phi) is 6.38. The van der Waals surface area contributed by atoms with Gasteiger partial charge in [-0.15, -0.1) is 0 Å². The van der Waals surface area contributed by atoms with Crippen molar-refractivity contribution in [1.29, 1.82) is 0 Å². The first kappa shape index (κ1) is 18.8. The van der Waals surface area contributed by atoms with Crippen LogP contribution in [-0.2, 0) is 9.53 Å². The third kappa shape index (κ3) is 4.10. The minimum Gasteiger partial charge on any atom is -0.490 e. The van der Waals surface area contributed by atoms with Gasteiger partial charge < -0.3 is 14.4 Å². The molecule has 0 unspecified atom stereocenters. The van der Waals surface area contributed by atoms with Gasteiger partial charge in [0.05, 0.1) is 25.3 Å². The lowest BCUT2D eigenvalue weighted by Gasteiger charge is -2.20. The number of esters is 1. The van der Waals surface area contributed by atoms with Gasteiger partial charge in [0.15, 0.2) is 11.4 Å². The molecule has 0 bridgehead atoms. The molecular weight excluding hydrogens is 322 g/mol. The molecule has 25 heavy (non-hydrogen) atoms. The van der Waals surface area contributed by atoms with E-state index in [1.807, 2.05) is 26.0 Å². The van der Waals surface area contributed by atoms with Crippen molar-refractivity contribution < 1.29 is 19.1 Å². The second-order valence-electron chi connectivity index (χ2n) is 5.48. The van der Waals surface area contributed by atoms with Crippen molar-refractivity contribution in [3.05, 3.63) is 29.7 Å². The van der Waals surface area contributed by atoms with Crippen LogP contribution in [0.4, 0.5) is 0 Å². The van der Waals surface area contributed by atoms with Crippen LogP contribution in [0.25, 0.3) is 5.65 Å². The third-order valence-corrected chi connectivity index (χ3v) is 3.85. The maximum Gasteiger partial charge on any atom is 0.307 e. The molecule has 2 heterocycles. The van der Waals surface area contributed by atoms with Gasteiger partial charge in [0.2, 0.25) is 0 Å². The van der Waals surface area contributed by atoms with Gasteiger partial charge >= 0.3 is 5.97 Å². The topological polar surface area (TPSA) is 73.1 Å². The molecule has 2 aromatic heterocycles. The van der Waals surface area contributed by atoms with Crippen LogP contribution in [0.5, 0.6) is 5.75 Å². The number of carbonyl (C=O) groups is 2. The fraction of sp³-hybridized carbons (Fsp3) is 0.500. The molecule has 136 valence electrons. The highest BCUT2D eigenvalue weighted by Crippen LogP contribution is 2.23. The van der Waals surface area contributed by atoms with Crippen LogP contribution in [0.2, 0.25) is 0 Å². The van der Waals surface area contributed by atoms with Crippen LogP contribution >= 0.6 is 0 Å². The molecule has 0 atom stereocenters. The summed E-state index contributed by atoms with van der Waals surface area (Å²) in [5.74, 6) is 0.175. The van der Waals surface area contributed by atoms with Crippen molar-refractivity contribution in [2.45, 2.75) is 34.1 Å². The predicted molar refractivity (Wildman–Crippen MR) is 93.9 cm³/mol. The van der Waals surface area contributed by atoms with Gasteiger partial charge in [-0.2, -0.15) is 0 Å². The smallest absolute Gasteiger partial charge is 0.307 e. The minimum atomic E-state index is -0.303. The first-order valence-corrected chi connectivity index (χ1v) is 8.58. The molecule has 0 aliphatic carbocycles. The van der Waals surface area contributed by atoms with E-state index in [9.17, 15) is 9.59 Å². The number of hydrogen-bond acceptors (Lipinski definition) is 5. The van der Waals surface area contributed by atoms with E-state index in [1.165, 1.54) is 0 Å². The summed E-state index contributed by atoms with van der Waals surface area (Å²) in [5.41, 5.74) is 1.74. The summed E-state index contributed by atoms with van der Waals surface area (Å²) in [7, 11) is 0. The van der Waals surface area contributed by atoms with E-state index in [1.54, 1.807) is 29.3 Å².